The summed E-state index contributed by atoms with van der Waals surface area (Å²) in [6.07, 6.45) is 0.739. The van der Waals surface area contributed by atoms with Crippen molar-refractivity contribution < 1.29 is 24.1 Å². The molecule has 176 valence electrons. The van der Waals surface area contributed by atoms with Crippen molar-refractivity contribution >= 4 is 11.8 Å². The Morgan fingerprint density at radius 1 is 1.33 bits per heavy atom. The Morgan fingerprint density at radius 2 is 2.06 bits per heavy atom. The number of ether oxygens (including phenoxy) is 2. The van der Waals surface area contributed by atoms with Gasteiger partial charge >= 0.3 is 5.97 Å². The summed E-state index contributed by atoms with van der Waals surface area (Å²) < 4.78 is 10.9. The summed E-state index contributed by atoms with van der Waals surface area (Å²) in [6, 6.07) is 9.00. The maximum absolute atomic E-state index is 13.7. The Labute approximate surface area is 194 Å². The minimum atomic E-state index is -0.857. The van der Waals surface area contributed by atoms with E-state index in [-0.39, 0.29) is 60.3 Å². The van der Waals surface area contributed by atoms with Crippen molar-refractivity contribution in [3.63, 3.8) is 0 Å². The van der Waals surface area contributed by atoms with Gasteiger partial charge < -0.3 is 25.5 Å². The first-order valence-electron chi connectivity index (χ1n) is 11.3. The molecule has 8 nitrogen and oxygen atoms in total. The molecule has 3 rings (SSSR count). The van der Waals surface area contributed by atoms with Gasteiger partial charge in [-0.25, -0.2) is 4.79 Å². The van der Waals surface area contributed by atoms with Crippen molar-refractivity contribution in [3.8, 4) is 6.07 Å². The largest absolute Gasteiger partial charge is 0.624 e. The maximum atomic E-state index is 13.7. The van der Waals surface area contributed by atoms with E-state index in [0.717, 1.165) is 0 Å². The van der Waals surface area contributed by atoms with Crippen LogP contribution < -0.4 is 10.8 Å². The molecule has 0 fully saturated rings. The lowest BCUT2D eigenvalue weighted by atomic mass is 9.70. The fraction of sp³-hybridized carbons (Fsp3) is 0.480. The van der Waals surface area contributed by atoms with Crippen LogP contribution in [0, 0.1) is 28.4 Å². The number of nitriles is 1. The molecule has 0 amide bonds. The Hall–Kier alpha value is -2.83. The summed E-state index contributed by atoms with van der Waals surface area (Å²) in [5, 5.41) is 23.1. The summed E-state index contributed by atoms with van der Waals surface area (Å²) in [4.78, 5) is 26.6. The number of hydrogen-bond acceptors (Lipinski definition) is 7. The lowest BCUT2D eigenvalue weighted by Gasteiger charge is -2.41. The molecule has 0 saturated heterocycles. The first-order chi connectivity index (χ1) is 15.8. The molecule has 0 aromatic heterocycles. The van der Waals surface area contributed by atoms with E-state index in [9.17, 15) is 20.1 Å². The number of nitrogens with one attached hydrogen (secondary N) is 1. The van der Waals surface area contributed by atoms with Crippen LogP contribution in [-0.2, 0) is 19.1 Å². The molecule has 3 N–H and O–H groups in total. The predicted octanol–water partition coefficient (Wildman–Crippen LogP) is 1.72. The molecule has 3 atom stereocenters. The van der Waals surface area contributed by atoms with Crippen molar-refractivity contribution in [2.24, 2.45) is 17.6 Å². The number of nitrogens with zero attached hydrogens (tertiary/aromatic N) is 1. The van der Waals surface area contributed by atoms with Gasteiger partial charge in [-0.2, -0.15) is 5.26 Å². The van der Waals surface area contributed by atoms with Crippen molar-refractivity contribution in [2.45, 2.75) is 39.5 Å². The first-order valence-corrected chi connectivity index (χ1v) is 11.3. The van der Waals surface area contributed by atoms with E-state index in [1.165, 1.54) is 0 Å². The Balaban J connectivity index is 2.28. The highest BCUT2D eigenvalue weighted by Gasteiger charge is 2.47. The number of ketones is 1. The molecule has 8 heteroatoms. The van der Waals surface area contributed by atoms with Gasteiger partial charge in [0.05, 0.1) is 36.3 Å². The molecule has 1 heterocycles. The van der Waals surface area contributed by atoms with E-state index in [1.54, 1.807) is 31.2 Å². The van der Waals surface area contributed by atoms with Gasteiger partial charge in [0.15, 0.2) is 5.78 Å². The van der Waals surface area contributed by atoms with E-state index >= 15 is 0 Å². The van der Waals surface area contributed by atoms with Gasteiger partial charge in [0.25, 0.3) is 0 Å². The summed E-state index contributed by atoms with van der Waals surface area (Å²) >= 11 is 0. The summed E-state index contributed by atoms with van der Waals surface area (Å²) in [5.74, 6) is -1.45. The average Bonchev–Trinajstić information content (AvgIpc) is 2.80. The van der Waals surface area contributed by atoms with Crippen molar-refractivity contribution in [1.82, 2.24) is 0 Å². The standard InChI is InChI=1S/C25H31N3O5/c1-4-33-25(30)24-20(14-32-10-9-26)28(31)19-11-17(15(2)3)12-21(29)23(19)22(24)18-8-6-5-7-16(18)13-27/h5-8,15,17,22,28H,4,9-12,14,26H2,1-3H3. The van der Waals surface area contributed by atoms with Gasteiger partial charge in [0, 0.05) is 19.4 Å². The van der Waals surface area contributed by atoms with Crippen molar-refractivity contribution in [1.29, 1.82) is 5.26 Å². The monoisotopic (exact) mass is 453 g/mol. The molecule has 1 aromatic rings. The normalized spacial score (nSPS) is 22.9. The van der Waals surface area contributed by atoms with Crippen LogP contribution in [0.2, 0.25) is 0 Å². The number of rotatable bonds is 8. The Bertz CT molecular complexity index is 1020. The van der Waals surface area contributed by atoms with Crippen LogP contribution in [0.4, 0.5) is 0 Å². The summed E-state index contributed by atoms with van der Waals surface area (Å²) in [7, 11) is 0. The number of esters is 1. The van der Waals surface area contributed by atoms with Gasteiger partial charge in [0.1, 0.15) is 23.6 Å². The lowest BCUT2D eigenvalue weighted by molar-refractivity contribution is -0.769. The molecule has 1 aromatic carbocycles. The molecule has 1 aliphatic heterocycles. The maximum Gasteiger partial charge on any atom is 0.340 e. The number of hydroxylamine groups is 2. The molecule has 0 radical (unpaired) electrons. The van der Waals surface area contributed by atoms with Crippen LogP contribution in [-0.4, -0.2) is 38.1 Å². The van der Waals surface area contributed by atoms with Crippen molar-refractivity contribution in [2.75, 3.05) is 26.4 Å². The third kappa shape index (κ3) is 4.92. The lowest BCUT2D eigenvalue weighted by Crippen LogP contribution is -3.05. The summed E-state index contributed by atoms with van der Waals surface area (Å²) in [6.45, 7) is 6.21. The van der Waals surface area contributed by atoms with Gasteiger partial charge in [-0.15, -0.1) is 0 Å². The van der Waals surface area contributed by atoms with E-state index in [2.05, 4.69) is 6.07 Å². The topological polar surface area (TPSA) is 130 Å². The van der Waals surface area contributed by atoms with Gasteiger partial charge in [-0.3, -0.25) is 4.79 Å². The zero-order chi connectivity index (χ0) is 24.1. The van der Waals surface area contributed by atoms with Crippen LogP contribution in [0.3, 0.4) is 0 Å². The highest BCUT2D eigenvalue weighted by molar-refractivity contribution is 6.03. The number of allylic oxidation sites excluding steroid dienone is 2. The number of carbonyl (C=O) groups excluding carboxylic acids is 2. The first kappa shape index (κ1) is 24.8. The van der Waals surface area contributed by atoms with Crippen LogP contribution >= 0.6 is 0 Å². The SMILES string of the molecule is CCOC(=O)C1=C(COCCN)[NH+]([O-])C2=C(C(=O)CC(C(C)C)C2)C1c1ccccc1C#N. The van der Waals surface area contributed by atoms with E-state index in [1.807, 2.05) is 13.8 Å². The number of hydrogen-bond donors (Lipinski definition) is 2. The van der Waals surface area contributed by atoms with Gasteiger partial charge in [0.2, 0.25) is 0 Å². The number of benzene rings is 1. The average molecular weight is 454 g/mol. The minimum absolute atomic E-state index is 0.0300. The van der Waals surface area contributed by atoms with E-state index in [0.29, 0.717) is 35.2 Å². The number of quaternary nitrogens is 1. The minimum Gasteiger partial charge on any atom is -0.624 e. The molecule has 0 bridgehead atoms. The number of nitrogens with two attached hydrogens (primary N) is 1. The van der Waals surface area contributed by atoms with Crippen LogP contribution in [0.15, 0.2) is 46.8 Å². The van der Waals surface area contributed by atoms with Crippen LogP contribution in [0.5, 0.6) is 0 Å². The fourth-order valence-electron chi connectivity index (χ4n) is 4.62. The van der Waals surface area contributed by atoms with Crippen LogP contribution in [0.1, 0.15) is 50.7 Å². The zero-order valence-electron chi connectivity index (χ0n) is 19.3. The molecule has 0 saturated carbocycles. The van der Waals surface area contributed by atoms with Gasteiger partial charge in [-0.05, 0) is 30.4 Å². The summed E-state index contributed by atoms with van der Waals surface area (Å²) in [5.41, 5.74) is 7.38. The third-order valence-electron chi connectivity index (χ3n) is 6.33. The number of carbonyl (C=O) groups is 2. The number of Topliss-reactive ketones (excluding diaryl/α,β-unsaturated/α-hetero) is 1. The zero-order valence-corrected chi connectivity index (χ0v) is 19.3. The molecule has 1 aliphatic carbocycles. The van der Waals surface area contributed by atoms with Crippen LogP contribution in [0.25, 0.3) is 0 Å². The van der Waals surface area contributed by atoms with Gasteiger partial charge in [-0.1, -0.05) is 32.0 Å². The Kier molecular flexibility index (Phi) is 8.16. The highest BCUT2D eigenvalue weighted by atomic mass is 16.5. The second kappa shape index (κ2) is 10.9. The molecular formula is C25H31N3O5. The second-order valence-corrected chi connectivity index (χ2v) is 8.64. The van der Waals surface area contributed by atoms with E-state index < -0.39 is 11.9 Å². The van der Waals surface area contributed by atoms with Crippen molar-refractivity contribution in [3.05, 3.63) is 63.1 Å². The quantitative estimate of drug-likeness (QED) is 0.348. The third-order valence-corrected chi connectivity index (χ3v) is 6.33. The highest BCUT2D eigenvalue weighted by Crippen LogP contribution is 2.44. The van der Waals surface area contributed by atoms with E-state index in [4.69, 9.17) is 15.2 Å². The molecular weight excluding hydrogens is 422 g/mol. The molecule has 0 spiro atoms. The fourth-order valence-corrected chi connectivity index (χ4v) is 4.62. The molecule has 2 aliphatic rings. The predicted molar refractivity (Wildman–Crippen MR) is 121 cm³/mol. The Morgan fingerprint density at radius 3 is 2.70 bits per heavy atom. The second-order valence-electron chi connectivity index (χ2n) is 8.64. The smallest absolute Gasteiger partial charge is 0.340 e. The molecule has 33 heavy (non-hydrogen) atoms. The molecule has 3 unspecified atom stereocenters.